The van der Waals surface area contributed by atoms with Crippen LogP contribution in [0.1, 0.15) is 40.0 Å². The number of aromatic nitrogens is 2. The second kappa shape index (κ2) is 9.90. The first kappa shape index (κ1) is 22.6. The summed E-state index contributed by atoms with van der Waals surface area (Å²) in [6.45, 7) is 5.20. The first-order valence-electron chi connectivity index (χ1n) is 11.3. The topological polar surface area (TPSA) is 76.5 Å². The number of hydrogen-bond donors (Lipinski definition) is 1. The van der Waals surface area contributed by atoms with E-state index in [1.54, 1.807) is 25.6 Å². The van der Waals surface area contributed by atoms with E-state index in [9.17, 15) is 9.59 Å². The fraction of sp³-hybridized carbons (Fsp3) is 0.346. The molecule has 1 unspecified atom stereocenters. The molecule has 0 radical (unpaired) electrons. The van der Waals surface area contributed by atoms with Crippen LogP contribution in [0.15, 0.2) is 55.0 Å². The molecule has 0 bridgehead atoms. The summed E-state index contributed by atoms with van der Waals surface area (Å²) >= 11 is 0. The summed E-state index contributed by atoms with van der Waals surface area (Å²) < 4.78 is 7.39. The molecule has 0 spiro atoms. The number of imidazole rings is 1. The van der Waals surface area contributed by atoms with Crippen LogP contribution in [0.2, 0.25) is 0 Å². The molecule has 7 heteroatoms. The van der Waals surface area contributed by atoms with E-state index >= 15 is 0 Å². The number of rotatable bonds is 6. The van der Waals surface area contributed by atoms with Crippen molar-refractivity contribution in [3.8, 4) is 11.4 Å². The lowest BCUT2D eigenvalue weighted by Gasteiger charge is -2.33. The SMILES string of the molecule is COc1cc(C(=O)NC2CCCN(C(=O)Cc3cccc(C)c3)C2)ccc1-n1cnc(C)c1. The second-order valence-electron chi connectivity index (χ2n) is 8.63. The number of aryl methyl sites for hydroxylation is 2. The molecule has 172 valence electrons. The predicted octanol–water partition coefficient (Wildman–Crippen LogP) is 3.46. The number of carbonyl (C=O) groups is 2. The van der Waals surface area contributed by atoms with Gasteiger partial charge in [0.25, 0.3) is 5.91 Å². The van der Waals surface area contributed by atoms with Gasteiger partial charge in [-0.3, -0.25) is 9.59 Å². The molecule has 7 nitrogen and oxygen atoms in total. The van der Waals surface area contributed by atoms with Crippen molar-refractivity contribution in [2.45, 2.75) is 39.2 Å². The largest absolute Gasteiger partial charge is 0.495 e. The summed E-state index contributed by atoms with van der Waals surface area (Å²) in [5.41, 5.74) is 4.41. The van der Waals surface area contributed by atoms with Gasteiger partial charge in [-0.25, -0.2) is 4.98 Å². The summed E-state index contributed by atoms with van der Waals surface area (Å²) in [5.74, 6) is 0.527. The van der Waals surface area contributed by atoms with E-state index < -0.39 is 0 Å². The molecule has 33 heavy (non-hydrogen) atoms. The molecule has 1 N–H and O–H groups in total. The molecule has 1 atom stereocenters. The highest BCUT2D eigenvalue weighted by Crippen LogP contribution is 2.25. The zero-order valence-electron chi connectivity index (χ0n) is 19.4. The first-order chi connectivity index (χ1) is 15.9. The van der Waals surface area contributed by atoms with E-state index in [2.05, 4.69) is 10.3 Å². The highest BCUT2D eigenvalue weighted by atomic mass is 16.5. The van der Waals surface area contributed by atoms with Gasteiger partial charge in [-0.15, -0.1) is 0 Å². The fourth-order valence-electron chi connectivity index (χ4n) is 4.28. The minimum atomic E-state index is -0.167. The highest BCUT2D eigenvalue weighted by Gasteiger charge is 2.25. The summed E-state index contributed by atoms with van der Waals surface area (Å²) in [6.07, 6.45) is 5.73. The van der Waals surface area contributed by atoms with Crippen LogP contribution >= 0.6 is 0 Å². The fourth-order valence-corrected chi connectivity index (χ4v) is 4.28. The zero-order valence-corrected chi connectivity index (χ0v) is 19.4. The third kappa shape index (κ3) is 5.42. The van der Waals surface area contributed by atoms with Crippen molar-refractivity contribution in [2.24, 2.45) is 0 Å². The average Bonchev–Trinajstić information content (AvgIpc) is 3.24. The summed E-state index contributed by atoms with van der Waals surface area (Å²) in [5, 5.41) is 3.10. The molecule has 0 aliphatic carbocycles. The minimum Gasteiger partial charge on any atom is -0.495 e. The highest BCUT2D eigenvalue weighted by molar-refractivity contribution is 5.95. The predicted molar refractivity (Wildman–Crippen MR) is 127 cm³/mol. The lowest BCUT2D eigenvalue weighted by atomic mass is 10.0. The van der Waals surface area contributed by atoms with Crippen LogP contribution < -0.4 is 10.1 Å². The maximum absolute atomic E-state index is 12.9. The van der Waals surface area contributed by atoms with Gasteiger partial charge in [-0.2, -0.15) is 0 Å². The summed E-state index contributed by atoms with van der Waals surface area (Å²) in [6, 6.07) is 13.3. The van der Waals surface area contributed by atoms with Crippen molar-refractivity contribution in [1.29, 1.82) is 0 Å². The third-order valence-corrected chi connectivity index (χ3v) is 5.98. The quantitative estimate of drug-likeness (QED) is 0.629. The number of nitrogens with one attached hydrogen (secondary N) is 1. The monoisotopic (exact) mass is 446 g/mol. The number of piperidine rings is 1. The maximum Gasteiger partial charge on any atom is 0.251 e. The Morgan fingerprint density at radius 1 is 1.18 bits per heavy atom. The smallest absolute Gasteiger partial charge is 0.251 e. The van der Waals surface area contributed by atoms with Crippen molar-refractivity contribution in [2.75, 3.05) is 20.2 Å². The zero-order chi connectivity index (χ0) is 23.4. The Bertz CT molecular complexity index is 1150. The van der Waals surface area contributed by atoms with Gasteiger partial charge in [0.2, 0.25) is 5.91 Å². The number of benzene rings is 2. The Balaban J connectivity index is 1.40. The van der Waals surface area contributed by atoms with Gasteiger partial charge in [-0.1, -0.05) is 29.8 Å². The van der Waals surface area contributed by atoms with E-state index in [0.29, 0.717) is 24.3 Å². The average molecular weight is 447 g/mol. The van der Waals surface area contributed by atoms with Gasteiger partial charge in [0.1, 0.15) is 5.75 Å². The number of carbonyl (C=O) groups excluding carboxylic acids is 2. The van der Waals surface area contributed by atoms with Crippen molar-refractivity contribution in [3.63, 3.8) is 0 Å². The molecule has 1 aliphatic rings. The van der Waals surface area contributed by atoms with Gasteiger partial charge in [-0.05, 0) is 50.5 Å². The maximum atomic E-state index is 12.9. The number of ether oxygens (including phenoxy) is 1. The van der Waals surface area contributed by atoms with Gasteiger partial charge >= 0.3 is 0 Å². The number of methoxy groups -OCH3 is 1. The Kier molecular flexibility index (Phi) is 6.77. The number of amides is 2. The summed E-state index contributed by atoms with van der Waals surface area (Å²) in [4.78, 5) is 31.9. The standard InChI is InChI=1S/C26H30N4O3/c1-18-6-4-7-20(12-18)13-25(31)29-11-5-8-22(16-29)28-26(32)21-9-10-23(24(14-21)33-3)30-15-19(2)27-17-30/h4,6-7,9-10,12,14-15,17,22H,5,8,11,13,16H2,1-3H3,(H,28,32). The number of hydrogen-bond acceptors (Lipinski definition) is 4. The van der Waals surface area contributed by atoms with E-state index in [1.807, 2.05) is 59.8 Å². The molecule has 1 fully saturated rings. The molecule has 2 aromatic carbocycles. The second-order valence-corrected chi connectivity index (χ2v) is 8.63. The van der Waals surface area contributed by atoms with Crippen molar-refractivity contribution in [3.05, 3.63) is 77.4 Å². The molecule has 4 rings (SSSR count). The van der Waals surface area contributed by atoms with Crippen LogP contribution in [0.5, 0.6) is 5.75 Å². The Hall–Kier alpha value is -3.61. The summed E-state index contributed by atoms with van der Waals surface area (Å²) in [7, 11) is 1.59. The van der Waals surface area contributed by atoms with Gasteiger partial charge in [0.05, 0.1) is 31.2 Å². The molecule has 2 amide bonds. The van der Waals surface area contributed by atoms with Crippen LogP contribution in [0, 0.1) is 13.8 Å². The number of likely N-dealkylation sites (tertiary alicyclic amines) is 1. The molecule has 2 heterocycles. The van der Waals surface area contributed by atoms with Crippen molar-refractivity contribution >= 4 is 11.8 Å². The minimum absolute atomic E-state index is 0.0744. The van der Waals surface area contributed by atoms with Crippen LogP contribution in [0.3, 0.4) is 0 Å². The molecule has 1 aliphatic heterocycles. The van der Waals surface area contributed by atoms with Crippen molar-refractivity contribution < 1.29 is 14.3 Å². The van der Waals surface area contributed by atoms with E-state index in [0.717, 1.165) is 41.9 Å². The van der Waals surface area contributed by atoms with E-state index in [4.69, 9.17) is 4.74 Å². The molecule has 3 aromatic rings. The Morgan fingerprint density at radius 3 is 2.76 bits per heavy atom. The van der Waals surface area contributed by atoms with Crippen LogP contribution in [-0.2, 0) is 11.2 Å². The lowest BCUT2D eigenvalue weighted by Crippen LogP contribution is -2.50. The van der Waals surface area contributed by atoms with Gasteiger partial charge < -0.3 is 19.5 Å². The van der Waals surface area contributed by atoms with Crippen LogP contribution in [-0.4, -0.2) is 52.5 Å². The molecular formula is C26H30N4O3. The number of nitrogens with zero attached hydrogens (tertiary/aromatic N) is 3. The first-order valence-corrected chi connectivity index (χ1v) is 11.3. The third-order valence-electron chi connectivity index (χ3n) is 5.98. The van der Waals surface area contributed by atoms with Gasteiger partial charge in [0.15, 0.2) is 0 Å². The van der Waals surface area contributed by atoms with Crippen molar-refractivity contribution in [1.82, 2.24) is 19.8 Å². The lowest BCUT2D eigenvalue weighted by molar-refractivity contribution is -0.131. The van der Waals surface area contributed by atoms with Gasteiger partial charge in [0, 0.05) is 30.9 Å². The molecule has 1 aromatic heterocycles. The Labute approximate surface area is 194 Å². The molecule has 0 saturated carbocycles. The van der Waals surface area contributed by atoms with E-state index in [-0.39, 0.29) is 17.9 Å². The van der Waals surface area contributed by atoms with Crippen LogP contribution in [0.4, 0.5) is 0 Å². The van der Waals surface area contributed by atoms with E-state index in [1.165, 1.54) is 0 Å². The molecule has 1 saturated heterocycles. The van der Waals surface area contributed by atoms with Crippen LogP contribution in [0.25, 0.3) is 5.69 Å². The Morgan fingerprint density at radius 2 is 2.03 bits per heavy atom. The normalized spacial score (nSPS) is 15.8. The molecular weight excluding hydrogens is 416 g/mol.